The maximum Gasteiger partial charge on any atom is 0.256 e. The van der Waals surface area contributed by atoms with Gasteiger partial charge in [-0.3, -0.25) is 9.89 Å². The maximum atomic E-state index is 12.4. The van der Waals surface area contributed by atoms with Crippen LogP contribution >= 0.6 is 0 Å². The monoisotopic (exact) mass is 321 g/mol. The number of anilines is 1. The van der Waals surface area contributed by atoms with Crippen molar-refractivity contribution in [3.63, 3.8) is 0 Å². The third-order valence-corrected chi connectivity index (χ3v) is 4.38. The van der Waals surface area contributed by atoms with Crippen molar-refractivity contribution in [2.24, 2.45) is 0 Å². The number of benzene rings is 1. The Kier molecular flexibility index (Phi) is 3.45. The molecule has 1 saturated carbocycles. The van der Waals surface area contributed by atoms with Crippen molar-refractivity contribution in [3.05, 3.63) is 59.0 Å². The molecule has 24 heavy (non-hydrogen) atoms. The van der Waals surface area contributed by atoms with Gasteiger partial charge in [-0.2, -0.15) is 10.2 Å². The highest BCUT2D eigenvalue weighted by molar-refractivity contribution is 6.04. The Morgan fingerprint density at radius 1 is 1.21 bits per heavy atom. The number of aromatic nitrogens is 4. The summed E-state index contributed by atoms with van der Waals surface area (Å²) in [5.41, 5.74) is 4.66. The first-order chi connectivity index (χ1) is 11.6. The molecule has 6 nitrogen and oxygen atoms in total. The second kappa shape index (κ2) is 5.63. The first kappa shape index (κ1) is 14.7. The van der Waals surface area contributed by atoms with Crippen molar-refractivity contribution in [3.8, 4) is 5.69 Å². The fraction of sp³-hybridized carbons (Fsp3) is 0.278. The van der Waals surface area contributed by atoms with Crippen LogP contribution in [0.2, 0.25) is 0 Å². The zero-order chi connectivity index (χ0) is 16.7. The minimum absolute atomic E-state index is 0.157. The molecule has 1 aromatic carbocycles. The maximum absolute atomic E-state index is 12.4. The van der Waals surface area contributed by atoms with E-state index in [0.29, 0.717) is 17.3 Å². The lowest BCUT2D eigenvalue weighted by Gasteiger charge is -2.05. The smallest absolute Gasteiger partial charge is 0.256 e. The molecule has 0 saturated heterocycles. The highest BCUT2D eigenvalue weighted by Gasteiger charge is 2.28. The van der Waals surface area contributed by atoms with E-state index in [0.717, 1.165) is 22.6 Å². The molecule has 1 fully saturated rings. The number of nitrogens with one attached hydrogen (secondary N) is 2. The van der Waals surface area contributed by atoms with Crippen LogP contribution in [0.3, 0.4) is 0 Å². The van der Waals surface area contributed by atoms with Crippen molar-refractivity contribution >= 4 is 11.7 Å². The van der Waals surface area contributed by atoms with Crippen LogP contribution in [0.4, 0.5) is 5.82 Å². The summed E-state index contributed by atoms with van der Waals surface area (Å²) in [5, 5.41) is 14.5. The summed E-state index contributed by atoms with van der Waals surface area (Å²) >= 11 is 0. The molecule has 2 heterocycles. The molecule has 1 aliphatic carbocycles. The summed E-state index contributed by atoms with van der Waals surface area (Å²) < 4.78 is 1.79. The number of hydrogen-bond donors (Lipinski definition) is 2. The standard InChI is InChI=1S/C18H19N5O/c1-11-9-10-23(22-11)15-7-5-14(6-8-15)18(24)19-17-12(2)16(20-21-17)13-3-4-13/h5-10,13H,3-4H2,1-2H3,(H2,19,20,21,24). The summed E-state index contributed by atoms with van der Waals surface area (Å²) in [7, 11) is 0. The Bertz CT molecular complexity index is 887. The van der Waals surface area contributed by atoms with Gasteiger partial charge in [0.25, 0.3) is 5.91 Å². The number of amides is 1. The van der Waals surface area contributed by atoms with Crippen molar-refractivity contribution in [1.29, 1.82) is 0 Å². The summed E-state index contributed by atoms with van der Waals surface area (Å²) in [4.78, 5) is 12.4. The van der Waals surface area contributed by atoms with Crippen LogP contribution in [0.5, 0.6) is 0 Å². The van der Waals surface area contributed by atoms with Gasteiger partial charge in [0.2, 0.25) is 0 Å². The zero-order valence-corrected chi connectivity index (χ0v) is 13.7. The summed E-state index contributed by atoms with van der Waals surface area (Å²) in [6, 6.07) is 9.30. The van der Waals surface area contributed by atoms with E-state index in [9.17, 15) is 4.79 Å². The molecule has 0 bridgehead atoms. The van der Waals surface area contributed by atoms with E-state index in [4.69, 9.17) is 0 Å². The second-order valence-electron chi connectivity index (χ2n) is 6.29. The zero-order valence-electron chi connectivity index (χ0n) is 13.7. The molecule has 0 atom stereocenters. The SMILES string of the molecule is Cc1ccn(-c2ccc(C(=O)Nc3n[nH]c(C4CC4)c3C)cc2)n1. The number of aryl methyl sites for hydroxylation is 1. The molecule has 1 amide bonds. The van der Waals surface area contributed by atoms with Crippen LogP contribution in [0, 0.1) is 13.8 Å². The van der Waals surface area contributed by atoms with Gasteiger partial charge in [0, 0.05) is 28.9 Å². The summed E-state index contributed by atoms with van der Waals surface area (Å²) in [6.07, 6.45) is 4.30. The fourth-order valence-corrected chi connectivity index (χ4v) is 2.81. The largest absolute Gasteiger partial charge is 0.305 e. The van der Waals surface area contributed by atoms with Crippen LogP contribution in [0.25, 0.3) is 5.69 Å². The van der Waals surface area contributed by atoms with Crippen LogP contribution in [0.15, 0.2) is 36.5 Å². The van der Waals surface area contributed by atoms with E-state index >= 15 is 0 Å². The number of aromatic amines is 1. The Labute approximate surface area is 139 Å². The highest BCUT2D eigenvalue weighted by atomic mass is 16.1. The molecule has 2 aromatic heterocycles. The van der Waals surface area contributed by atoms with Crippen molar-refractivity contribution in [2.45, 2.75) is 32.6 Å². The van der Waals surface area contributed by atoms with Gasteiger partial charge in [-0.25, -0.2) is 4.68 Å². The Morgan fingerprint density at radius 3 is 2.58 bits per heavy atom. The average molecular weight is 321 g/mol. The minimum atomic E-state index is -0.157. The van der Waals surface area contributed by atoms with E-state index in [1.54, 1.807) is 16.8 Å². The van der Waals surface area contributed by atoms with Gasteiger partial charge in [-0.15, -0.1) is 0 Å². The highest BCUT2D eigenvalue weighted by Crippen LogP contribution is 2.41. The normalized spacial score (nSPS) is 13.9. The van der Waals surface area contributed by atoms with E-state index in [2.05, 4.69) is 20.6 Å². The number of hydrogen-bond acceptors (Lipinski definition) is 3. The van der Waals surface area contributed by atoms with Gasteiger partial charge in [0.15, 0.2) is 5.82 Å². The number of carbonyl (C=O) groups excluding carboxylic acids is 1. The van der Waals surface area contributed by atoms with Gasteiger partial charge in [0.05, 0.1) is 11.4 Å². The van der Waals surface area contributed by atoms with Crippen LogP contribution in [-0.2, 0) is 0 Å². The van der Waals surface area contributed by atoms with Crippen LogP contribution in [0.1, 0.15) is 46.1 Å². The first-order valence-corrected chi connectivity index (χ1v) is 8.11. The lowest BCUT2D eigenvalue weighted by molar-refractivity contribution is 0.102. The quantitative estimate of drug-likeness (QED) is 0.774. The molecule has 3 aromatic rings. The molecular formula is C18H19N5O. The third kappa shape index (κ3) is 2.71. The molecule has 0 unspecified atom stereocenters. The number of H-pyrrole nitrogens is 1. The van der Waals surface area contributed by atoms with E-state index in [1.165, 1.54) is 12.8 Å². The second-order valence-corrected chi connectivity index (χ2v) is 6.29. The predicted octanol–water partition coefficient (Wildman–Crippen LogP) is 3.34. The van der Waals surface area contributed by atoms with Gasteiger partial charge >= 0.3 is 0 Å². The average Bonchev–Trinajstić information content (AvgIpc) is 3.24. The Balaban J connectivity index is 1.50. The molecule has 122 valence electrons. The summed E-state index contributed by atoms with van der Waals surface area (Å²) in [5.74, 6) is 1.05. The van der Waals surface area contributed by atoms with Crippen molar-refractivity contribution in [2.75, 3.05) is 5.32 Å². The fourth-order valence-electron chi connectivity index (χ4n) is 2.81. The topological polar surface area (TPSA) is 75.6 Å². The molecule has 6 heteroatoms. The molecular weight excluding hydrogens is 302 g/mol. The molecule has 0 aliphatic heterocycles. The van der Waals surface area contributed by atoms with E-state index in [1.807, 2.05) is 38.2 Å². The minimum Gasteiger partial charge on any atom is -0.305 e. The number of nitrogens with zero attached hydrogens (tertiary/aromatic N) is 3. The van der Waals surface area contributed by atoms with Gasteiger partial charge < -0.3 is 5.32 Å². The molecule has 0 radical (unpaired) electrons. The van der Waals surface area contributed by atoms with Crippen LogP contribution < -0.4 is 5.32 Å². The van der Waals surface area contributed by atoms with Gasteiger partial charge in [-0.05, 0) is 57.0 Å². The predicted molar refractivity (Wildman–Crippen MR) is 91.6 cm³/mol. The van der Waals surface area contributed by atoms with Crippen LogP contribution in [-0.4, -0.2) is 25.9 Å². The van der Waals surface area contributed by atoms with Gasteiger partial charge in [0.1, 0.15) is 0 Å². The van der Waals surface area contributed by atoms with E-state index < -0.39 is 0 Å². The lowest BCUT2D eigenvalue weighted by Crippen LogP contribution is -2.13. The first-order valence-electron chi connectivity index (χ1n) is 8.11. The van der Waals surface area contributed by atoms with Crippen molar-refractivity contribution in [1.82, 2.24) is 20.0 Å². The van der Waals surface area contributed by atoms with E-state index in [-0.39, 0.29) is 5.91 Å². The Hall–Kier alpha value is -2.89. The lowest BCUT2D eigenvalue weighted by atomic mass is 10.1. The number of carbonyl (C=O) groups is 1. The van der Waals surface area contributed by atoms with Gasteiger partial charge in [-0.1, -0.05) is 0 Å². The molecule has 1 aliphatic rings. The number of rotatable bonds is 4. The third-order valence-electron chi connectivity index (χ3n) is 4.38. The molecule has 4 rings (SSSR count). The molecule has 2 N–H and O–H groups in total. The van der Waals surface area contributed by atoms with Crippen molar-refractivity contribution < 1.29 is 4.79 Å². The summed E-state index contributed by atoms with van der Waals surface area (Å²) in [6.45, 7) is 3.94. The Morgan fingerprint density at radius 2 is 1.96 bits per heavy atom. The molecule has 0 spiro atoms.